The van der Waals surface area contributed by atoms with Gasteiger partial charge in [0.15, 0.2) is 0 Å². The summed E-state index contributed by atoms with van der Waals surface area (Å²) in [4.78, 5) is 0. The van der Waals surface area contributed by atoms with E-state index < -0.39 is 0 Å². The van der Waals surface area contributed by atoms with Crippen molar-refractivity contribution in [3.05, 3.63) is 146 Å². The number of benzene rings is 6. The lowest BCUT2D eigenvalue weighted by Gasteiger charge is -2.13. The molecular weight excluding hydrogens is 460 g/mol. The summed E-state index contributed by atoms with van der Waals surface area (Å²) in [6, 6.07) is 52.3. The number of hydrogen-bond donors (Lipinski definition) is 0. The summed E-state index contributed by atoms with van der Waals surface area (Å²) < 4.78 is 4.84. The highest BCUT2D eigenvalue weighted by Gasteiger charge is 2.23. The van der Waals surface area contributed by atoms with Crippen LogP contribution in [0, 0.1) is 0 Å². The van der Waals surface area contributed by atoms with E-state index in [1.807, 2.05) is 0 Å². The molecule has 2 heteroatoms. The molecule has 0 unspecified atom stereocenters. The van der Waals surface area contributed by atoms with Gasteiger partial charge in [-0.3, -0.25) is 0 Å². The molecule has 2 nitrogen and oxygen atoms in total. The van der Waals surface area contributed by atoms with Crippen molar-refractivity contribution in [2.75, 3.05) is 0 Å². The minimum absolute atomic E-state index is 1.17. The Bertz CT molecular complexity index is 1970. The summed E-state index contributed by atoms with van der Waals surface area (Å²) in [7, 11) is 0. The Labute approximate surface area is 220 Å². The third-order valence-corrected chi connectivity index (χ3v) is 7.69. The molecule has 8 rings (SSSR count). The van der Waals surface area contributed by atoms with Gasteiger partial charge < -0.3 is 9.13 Å². The fraction of sp³-hybridized carbons (Fsp3) is 0. The van der Waals surface area contributed by atoms with Crippen LogP contribution >= 0.6 is 0 Å². The van der Waals surface area contributed by atoms with Crippen LogP contribution in [0.4, 0.5) is 0 Å². The standard InChI is InChI=1S/C36H24N2/c1-4-14-25(15-5-1)34-35-28-20-10-12-22-30(28)37(26-16-6-2-7-17-26)32(35)24-33-36(34)29-21-11-13-23-31(29)38(33)27-18-8-3-9-19-27/h1-24H. The summed E-state index contributed by atoms with van der Waals surface area (Å²) in [5.41, 5.74) is 9.71. The number of para-hydroxylation sites is 4. The van der Waals surface area contributed by atoms with Gasteiger partial charge >= 0.3 is 0 Å². The van der Waals surface area contributed by atoms with Crippen LogP contribution in [0.2, 0.25) is 0 Å². The lowest BCUT2D eigenvalue weighted by atomic mass is 9.94. The van der Waals surface area contributed by atoms with Gasteiger partial charge in [0.1, 0.15) is 0 Å². The number of aromatic nitrogens is 2. The van der Waals surface area contributed by atoms with Crippen LogP contribution < -0.4 is 0 Å². The average molecular weight is 485 g/mol. The van der Waals surface area contributed by atoms with Crippen LogP contribution in [0.15, 0.2) is 146 Å². The van der Waals surface area contributed by atoms with Crippen molar-refractivity contribution in [3.63, 3.8) is 0 Å². The number of nitrogens with zero attached hydrogens (tertiary/aromatic N) is 2. The Morgan fingerprint density at radius 1 is 0.342 bits per heavy atom. The van der Waals surface area contributed by atoms with Gasteiger partial charge in [0.2, 0.25) is 0 Å². The summed E-state index contributed by atoms with van der Waals surface area (Å²) in [6.45, 7) is 0. The molecule has 0 fully saturated rings. The zero-order valence-electron chi connectivity index (χ0n) is 20.8. The van der Waals surface area contributed by atoms with Gasteiger partial charge in [-0.25, -0.2) is 0 Å². The smallest absolute Gasteiger partial charge is 0.0568 e. The highest BCUT2D eigenvalue weighted by molar-refractivity contribution is 6.28. The predicted octanol–water partition coefficient (Wildman–Crippen LogP) is 9.55. The van der Waals surface area contributed by atoms with Crippen LogP contribution in [0.25, 0.3) is 66.1 Å². The molecule has 0 atom stereocenters. The van der Waals surface area contributed by atoms with Crippen molar-refractivity contribution in [3.8, 4) is 22.5 Å². The lowest BCUT2D eigenvalue weighted by Crippen LogP contribution is -1.96. The van der Waals surface area contributed by atoms with E-state index in [0.29, 0.717) is 0 Å². The molecule has 0 spiro atoms. The van der Waals surface area contributed by atoms with Crippen LogP contribution in [0.5, 0.6) is 0 Å². The van der Waals surface area contributed by atoms with Gasteiger partial charge in [0, 0.05) is 38.5 Å². The summed E-state index contributed by atoms with van der Waals surface area (Å²) >= 11 is 0. The highest BCUT2D eigenvalue weighted by Crippen LogP contribution is 2.46. The second-order valence-electron chi connectivity index (χ2n) is 9.78. The quantitative estimate of drug-likeness (QED) is 0.236. The molecule has 6 aromatic carbocycles. The summed E-state index contributed by atoms with van der Waals surface area (Å²) in [5.74, 6) is 0. The number of rotatable bonds is 3. The van der Waals surface area contributed by atoms with Crippen molar-refractivity contribution in [2.45, 2.75) is 0 Å². The molecule has 2 aromatic heterocycles. The first-order valence-electron chi connectivity index (χ1n) is 13.1. The Balaban J connectivity index is 1.69. The third-order valence-electron chi connectivity index (χ3n) is 7.69. The van der Waals surface area contributed by atoms with Gasteiger partial charge in [-0.05, 0) is 48.0 Å². The molecular formula is C36H24N2. The van der Waals surface area contributed by atoms with Crippen molar-refractivity contribution < 1.29 is 0 Å². The second kappa shape index (κ2) is 8.22. The molecule has 0 aliphatic rings. The zero-order chi connectivity index (χ0) is 25.1. The monoisotopic (exact) mass is 484 g/mol. The normalized spacial score (nSPS) is 11.7. The molecule has 38 heavy (non-hydrogen) atoms. The van der Waals surface area contributed by atoms with Gasteiger partial charge in [0.05, 0.1) is 22.1 Å². The Morgan fingerprint density at radius 3 is 1.21 bits per heavy atom. The SMILES string of the molecule is c1ccc(-c2c3c4ccccc4n(-c4ccccc4)c3cc3c2c2ccccc2n3-c2ccccc2)cc1. The summed E-state index contributed by atoms with van der Waals surface area (Å²) in [6.07, 6.45) is 0. The van der Waals surface area contributed by atoms with Crippen LogP contribution in [0.1, 0.15) is 0 Å². The fourth-order valence-corrected chi connectivity index (χ4v) is 6.18. The zero-order valence-corrected chi connectivity index (χ0v) is 20.8. The second-order valence-corrected chi connectivity index (χ2v) is 9.78. The first-order chi connectivity index (χ1) is 18.9. The molecule has 0 saturated heterocycles. The van der Waals surface area contributed by atoms with Crippen LogP contribution in [-0.4, -0.2) is 9.13 Å². The number of hydrogen-bond acceptors (Lipinski definition) is 0. The van der Waals surface area contributed by atoms with Gasteiger partial charge in [0.25, 0.3) is 0 Å². The Kier molecular flexibility index (Phi) is 4.55. The molecule has 0 aliphatic heterocycles. The number of fused-ring (bicyclic) bond motifs is 6. The largest absolute Gasteiger partial charge is 0.309 e. The molecule has 0 N–H and O–H groups in total. The van der Waals surface area contributed by atoms with Crippen molar-refractivity contribution in [2.24, 2.45) is 0 Å². The van der Waals surface area contributed by atoms with Gasteiger partial charge in [-0.1, -0.05) is 103 Å². The third kappa shape index (κ3) is 2.95. The van der Waals surface area contributed by atoms with E-state index >= 15 is 0 Å². The predicted molar refractivity (Wildman–Crippen MR) is 161 cm³/mol. The molecule has 0 saturated carbocycles. The first kappa shape index (κ1) is 21.0. The van der Waals surface area contributed by atoms with Crippen molar-refractivity contribution in [1.82, 2.24) is 9.13 Å². The van der Waals surface area contributed by atoms with E-state index in [1.54, 1.807) is 0 Å². The maximum Gasteiger partial charge on any atom is 0.0568 e. The topological polar surface area (TPSA) is 9.86 Å². The van der Waals surface area contributed by atoms with Crippen molar-refractivity contribution >= 4 is 43.6 Å². The Morgan fingerprint density at radius 2 is 0.737 bits per heavy atom. The van der Waals surface area contributed by atoms with E-state index in [2.05, 4.69) is 155 Å². The average Bonchev–Trinajstić information content (AvgIpc) is 3.50. The molecule has 0 amide bonds. The van der Waals surface area contributed by atoms with Crippen LogP contribution in [-0.2, 0) is 0 Å². The Hall–Kier alpha value is -5.08. The van der Waals surface area contributed by atoms with Gasteiger partial charge in [-0.2, -0.15) is 0 Å². The maximum atomic E-state index is 2.42. The van der Waals surface area contributed by atoms with Crippen LogP contribution in [0.3, 0.4) is 0 Å². The minimum Gasteiger partial charge on any atom is -0.309 e. The molecule has 0 radical (unpaired) electrons. The minimum atomic E-state index is 1.17. The lowest BCUT2D eigenvalue weighted by molar-refractivity contribution is 1.16. The highest BCUT2D eigenvalue weighted by atomic mass is 15.0. The molecule has 8 aromatic rings. The van der Waals surface area contributed by atoms with Gasteiger partial charge in [-0.15, -0.1) is 0 Å². The van der Waals surface area contributed by atoms with E-state index in [9.17, 15) is 0 Å². The van der Waals surface area contributed by atoms with E-state index in [4.69, 9.17) is 0 Å². The van der Waals surface area contributed by atoms with E-state index in [0.717, 1.165) is 0 Å². The van der Waals surface area contributed by atoms with E-state index in [1.165, 1.54) is 66.1 Å². The van der Waals surface area contributed by atoms with Crippen molar-refractivity contribution in [1.29, 1.82) is 0 Å². The van der Waals surface area contributed by atoms with E-state index in [-0.39, 0.29) is 0 Å². The molecule has 178 valence electrons. The molecule has 0 aliphatic carbocycles. The maximum absolute atomic E-state index is 2.42. The summed E-state index contributed by atoms with van der Waals surface area (Å²) in [5, 5.41) is 5.12. The fourth-order valence-electron chi connectivity index (χ4n) is 6.18. The molecule has 0 bridgehead atoms. The first-order valence-corrected chi connectivity index (χ1v) is 13.1. The molecule has 2 heterocycles.